The first-order valence-corrected chi connectivity index (χ1v) is 5.96. The van der Waals surface area contributed by atoms with Crippen LogP contribution >= 0.6 is 0 Å². The molecule has 0 aliphatic carbocycles. The number of pyridine rings is 1. The minimum Gasteiger partial charge on any atom is -0.469 e. The molecule has 0 amide bonds. The van der Waals surface area contributed by atoms with Crippen LogP contribution in [0.1, 0.15) is 18.4 Å². The highest BCUT2D eigenvalue weighted by Crippen LogP contribution is 2.19. The predicted octanol–water partition coefficient (Wildman–Crippen LogP) is 1.45. The minimum absolute atomic E-state index is 0.182. The smallest absolute Gasteiger partial charge is 0.305 e. The average molecular weight is 247 g/mol. The Labute approximate surface area is 106 Å². The number of fused-ring (bicyclic) bond motifs is 1. The Morgan fingerprint density at radius 1 is 1.56 bits per heavy atom. The van der Waals surface area contributed by atoms with Gasteiger partial charge in [-0.1, -0.05) is 0 Å². The number of nitrogens with zero attached hydrogens (tertiary/aromatic N) is 2. The maximum atomic E-state index is 11.1. The molecule has 2 aromatic rings. The second-order valence-electron chi connectivity index (χ2n) is 4.11. The normalized spacial score (nSPS) is 10.8. The molecule has 0 atom stereocenters. The maximum Gasteiger partial charge on any atom is 0.305 e. The van der Waals surface area contributed by atoms with Gasteiger partial charge in [0.2, 0.25) is 0 Å². The predicted molar refractivity (Wildman–Crippen MR) is 68.9 cm³/mol. The molecule has 0 aliphatic heterocycles. The quantitative estimate of drug-likeness (QED) is 0.812. The lowest BCUT2D eigenvalue weighted by Crippen LogP contribution is -2.04. The summed E-state index contributed by atoms with van der Waals surface area (Å²) >= 11 is 0. The molecule has 2 N–H and O–H groups in total. The van der Waals surface area contributed by atoms with Crippen molar-refractivity contribution in [2.24, 2.45) is 5.73 Å². The molecule has 0 saturated carbocycles. The maximum absolute atomic E-state index is 11.1. The minimum atomic E-state index is -0.182. The zero-order valence-corrected chi connectivity index (χ0v) is 10.4. The van der Waals surface area contributed by atoms with Crippen LogP contribution in [0.3, 0.4) is 0 Å². The molecule has 5 heteroatoms. The van der Waals surface area contributed by atoms with Crippen LogP contribution in [0.5, 0.6) is 0 Å². The topological polar surface area (TPSA) is 70.1 Å². The van der Waals surface area contributed by atoms with E-state index in [-0.39, 0.29) is 5.97 Å². The van der Waals surface area contributed by atoms with Crippen molar-refractivity contribution in [2.75, 3.05) is 7.11 Å². The average Bonchev–Trinajstić information content (AvgIpc) is 2.77. The highest BCUT2D eigenvalue weighted by atomic mass is 16.5. The molecular formula is C13H17N3O2. The van der Waals surface area contributed by atoms with Crippen molar-refractivity contribution >= 4 is 17.0 Å². The van der Waals surface area contributed by atoms with E-state index in [1.54, 1.807) is 6.20 Å². The third kappa shape index (κ3) is 2.51. The van der Waals surface area contributed by atoms with Gasteiger partial charge in [0.05, 0.1) is 7.11 Å². The van der Waals surface area contributed by atoms with Crippen LogP contribution in [0, 0.1) is 0 Å². The monoisotopic (exact) mass is 247 g/mol. The number of carbonyl (C=O) groups excluding carboxylic acids is 1. The summed E-state index contributed by atoms with van der Waals surface area (Å²) in [7, 11) is 1.40. The largest absolute Gasteiger partial charge is 0.469 e. The fourth-order valence-corrected chi connectivity index (χ4v) is 2.02. The molecule has 0 unspecified atom stereocenters. The van der Waals surface area contributed by atoms with Gasteiger partial charge in [0.1, 0.15) is 5.65 Å². The summed E-state index contributed by atoms with van der Waals surface area (Å²) in [6, 6.07) is 3.92. The number of aromatic nitrogens is 2. The third-order valence-corrected chi connectivity index (χ3v) is 2.94. The second-order valence-corrected chi connectivity index (χ2v) is 4.11. The molecule has 96 valence electrons. The van der Waals surface area contributed by atoms with E-state index in [4.69, 9.17) is 5.73 Å². The summed E-state index contributed by atoms with van der Waals surface area (Å²) in [5, 5.41) is 1.08. The van der Waals surface area contributed by atoms with Gasteiger partial charge in [-0.2, -0.15) is 0 Å². The summed E-state index contributed by atoms with van der Waals surface area (Å²) in [6.45, 7) is 1.23. The molecule has 2 rings (SSSR count). The number of hydrogen-bond acceptors (Lipinski definition) is 4. The van der Waals surface area contributed by atoms with Gasteiger partial charge in [-0.25, -0.2) is 4.98 Å². The fourth-order valence-electron chi connectivity index (χ4n) is 2.02. The third-order valence-electron chi connectivity index (χ3n) is 2.94. The highest BCUT2D eigenvalue weighted by molar-refractivity contribution is 5.80. The summed E-state index contributed by atoms with van der Waals surface area (Å²) in [5.41, 5.74) is 7.71. The number of methoxy groups -OCH3 is 1. The van der Waals surface area contributed by atoms with E-state index in [9.17, 15) is 4.79 Å². The van der Waals surface area contributed by atoms with Crippen LogP contribution in [0.25, 0.3) is 11.0 Å². The first kappa shape index (κ1) is 12.6. The first-order valence-electron chi connectivity index (χ1n) is 5.96. The van der Waals surface area contributed by atoms with Crippen molar-refractivity contribution in [1.82, 2.24) is 9.55 Å². The van der Waals surface area contributed by atoms with Crippen molar-refractivity contribution in [3.05, 3.63) is 30.1 Å². The van der Waals surface area contributed by atoms with Crippen LogP contribution in [0.2, 0.25) is 0 Å². The van der Waals surface area contributed by atoms with Gasteiger partial charge in [-0.3, -0.25) is 4.79 Å². The summed E-state index contributed by atoms with van der Waals surface area (Å²) in [4.78, 5) is 15.4. The fraction of sp³-hybridized carbons (Fsp3) is 0.385. The van der Waals surface area contributed by atoms with Crippen molar-refractivity contribution in [3.63, 3.8) is 0 Å². The second kappa shape index (κ2) is 5.64. The summed E-state index contributed by atoms with van der Waals surface area (Å²) < 4.78 is 6.66. The van der Waals surface area contributed by atoms with Crippen molar-refractivity contribution < 1.29 is 9.53 Å². The van der Waals surface area contributed by atoms with Crippen molar-refractivity contribution in [3.8, 4) is 0 Å². The van der Waals surface area contributed by atoms with Gasteiger partial charge in [-0.15, -0.1) is 0 Å². The standard InChI is InChI=1S/C13H17N3O2/c1-18-12(17)5-3-7-16-9-10(8-14)11-4-2-6-15-13(11)16/h2,4,6,9H,3,5,7-8,14H2,1H3. The Hall–Kier alpha value is -1.88. The van der Waals surface area contributed by atoms with Gasteiger partial charge in [0, 0.05) is 37.3 Å². The van der Waals surface area contributed by atoms with E-state index in [0.717, 1.165) is 29.6 Å². The number of carbonyl (C=O) groups is 1. The molecule has 2 heterocycles. The molecule has 0 fully saturated rings. The zero-order chi connectivity index (χ0) is 13.0. The lowest BCUT2D eigenvalue weighted by Gasteiger charge is -2.03. The Kier molecular flexibility index (Phi) is 3.94. The molecule has 0 bridgehead atoms. The molecular weight excluding hydrogens is 230 g/mol. The first-order chi connectivity index (χ1) is 8.76. The number of esters is 1. The number of aryl methyl sites for hydroxylation is 1. The lowest BCUT2D eigenvalue weighted by molar-refractivity contribution is -0.140. The van der Waals surface area contributed by atoms with Crippen molar-refractivity contribution in [2.45, 2.75) is 25.9 Å². The van der Waals surface area contributed by atoms with Gasteiger partial charge >= 0.3 is 5.97 Å². The molecule has 0 spiro atoms. The van der Waals surface area contributed by atoms with Crippen LogP contribution in [0.4, 0.5) is 0 Å². The van der Waals surface area contributed by atoms with E-state index in [2.05, 4.69) is 9.72 Å². The van der Waals surface area contributed by atoms with Gasteiger partial charge in [-0.05, 0) is 24.1 Å². The van der Waals surface area contributed by atoms with E-state index >= 15 is 0 Å². The molecule has 0 radical (unpaired) electrons. The number of ether oxygens (including phenoxy) is 1. The van der Waals surface area contributed by atoms with E-state index < -0.39 is 0 Å². The van der Waals surface area contributed by atoms with Gasteiger partial charge < -0.3 is 15.0 Å². The molecule has 2 aromatic heterocycles. The number of hydrogen-bond donors (Lipinski definition) is 1. The Morgan fingerprint density at radius 3 is 3.11 bits per heavy atom. The molecule has 5 nitrogen and oxygen atoms in total. The Morgan fingerprint density at radius 2 is 2.39 bits per heavy atom. The van der Waals surface area contributed by atoms with E-state index in [1.165, 1.54) is 7.11 Å². The van der Waals surface area contributed by atoms with Crippen LogP contribution in [-0.4, -0.2) is 22.6 Å². The molecule has 0 aromatic carbocycles. The van der Waals surface area contributed by atoms with Crippen LogP contribution < -0.4 is 5.73 Å². The lowest BCUT2D eigenvalue weighted by atomic mass is 10.2. The van der Waals surface area contributed by atoms with Gasteiger partial charge in [0.25, 0.3) is 0 Å². The number of nitrogens with two attached hydrogens (primary N) is 1. The Bertz CT molecular complexity index is 548. The molecule has 18 heavy (non-hydrogen) atoms. The highest BCUT2D eigenvalue weighted by Gasteiger charge is 2.08. The van der Waals surface area contributed by atoms with Gasteiger partial charge in [0.15, 0.2) is 0 Å². The van der Waals surface area contributed by atoms with E-state index in [0.29, 0.717) is 13.0 Å². The van der Waals surface area contributed by atoms with Crippen LogP contribution in [-0.2, 0) is 22.6 Å². The SMILES string of the molecule is COC(=O)CCCn1cc(CN)c2cccnc21. The van der Waals surface area contributed by atoms with Crippen LogP contribution in [0.15, 0.2) is 24.5 Å². The summed E-state index contributed by atoms with van der Waals surface area (Å²) in [6.07, 6.45) is 4.92. The van der Waals surface area contributed by atoms with E-state index in [1.807, 2.05) is 22.9 Å². The Balaban J connectivity index is 2.15. The van der Waals surface area contributed by atoms with Crippen molar-refractivity contribution in [1.29, 1.82) is 0 Å². The number of rotatable bonds is 5. The molecule has 0 aliphatic rings. The molecule has 0 saturated heterocycles. The zero-order valence-electron chi connectivity index (χ0n) is 10.4. The summed E-state index contributed by atoms with van der Waals surface area (Å²) in [5.74, 6) is -0.182.